The molecule has 0 fully saturated rings. The van der Waals surface area contributed by atoms with Crippen LogP contribution in [0.15, 0.2) is 11.4 Å². The number of hydrogen-bond donors (Lipinski definition) is 0. The standard InChI is InChI=1S/C9H16ClN3O2S2/c1-7(5-16-4)13(3)17(14,15)9-8(10)12(2)6-11-9/h6-7H,5H2,1-4H3. The predicted octanol–water partition coefficient (Wildman–Crippen LogP) is 1.45. The van der Waals surface area contributed by atoms with E-state index in [1.54, 1.807) is 25.9 Å². The van der Waals surface area contributed by atoms with E-state index >= 15 is 0 Å². The molecule has 1 atom stereocenters. The fourth-order valence-electron chi connectivity index (χ4n) is 1.29. The fraction of sp³-hybridized carbons (Fsp3) is 0.667. The van der Waals surface area contributed by atoms with E-state index in [2.05, 4.69) is 4.98 Å². The van der Waals surface area contributed by atoms with Gasteiger partial charge in [-0.2, -0.15) is 16.1 Å². The molecule has 0 bridgehead atoms. The zero-order valence-corrected chi connectivity index (χ0v) is 12.6. The first-order valence-corrected chi connectivity index (χ1v) is 8.17. The smallest absolute Gasteiger partial charge is 0.263 e. The van der Waals surface area contributed by atoms with Gasteiger partial charge in [-0.15, -0.1) is 0 Å². The number of thioether (sulfide) groups is 1. The third kappa shape index (κ3) is 2.96. The summed E-state index contributed by atoms with van der Waals surface area (Å²) in [4.78, 5) is 3.85. The molecule has 1 rings (SSSR count). The van der Waals surface area contributed by atoms with E-state index in [0.29, 0.717) is 0 Å². The van der Waals surface area contributed by atoms with Crippen LogP contribution >= 0.6 is 23.4 Å². The Morgan fingerprint density at radius 3 is 2.65 bits per heavy atom. The summed E-state index contributed by atoms with van der Waals surface area (Å²) in [6.07, 6.45) is 3.33. The molecule has 0 radical (unpaired) electrons. The Bertz CT molecular complexity index is 486. The van der Waals surface area contributed by atoms with Crippen molar-refractivity contribution in [2.75, 3.05) is 19.1 Å². The summed E-state index contributed by atoms with van der Waals surface area (Å²) in [5.74, 6) is 0.722. The van der Waals surface area contributed by atoms with Crippen molar-refractivity contribution < 1.29 is 8.42 Å². The first-order valence-electron chi connectivity index (χ1n) is 4.96. The second-order valence-electron chi connectivity index (χ2n) is 3.78. The quantitative estimate of drug-likeness (QED) is 0.825. The summed E-state index contributed by atoms with van der Waals surface area (Å²) < 4.78 is 27.3. The van der Waals surface area contributed by atoms with E-state index in [9.17, 15) is 8.42 Å². The van der Waals surface area contributed by atoms with Gasteiger partial charge in [-0.1, -0.05) is 11.6 Å². The molecule has 1 heterocycles. The molecule has 0 saturated heterocycles. The van der Waals surface area contributed by atoms with Crippen molar-refractivity contribution in [3.8, 4) is 0 Å². The van der Waals surface area contributed by atoms with Gasteiger partial charge in [0.1, 0.15) is 5.15 Å². The number of aromatic nitrogens is 2. The maximum Gasteiger partial charge on any atom is 0.263 e. The minimum atomic E-state index is -3.61. The Morgan fingerprint density at radius 1 is 1.65 bits per heavy atom. The number of hydrogen-bond acceptors (Lipinski definition) is 4. The summed E-state index contributed by atoms with van der Waals surface area (Å²) in [5, 5.41) is 0.0466. The number of sulfonamides is 1. The van der Waals surface area contributed by atoms with Crippen LogP contribution < -0.4 is 0 Å². The van der Waals surface area contributed by atoms with Crippen LogP contribution in [0.1, 0.15) is 6.92 Å². The SMILES string of the molecule is CSCC(C)N(C)S(=O)(=O)c1ncn(C)c1Cl. The Morgan fingerprint density at radius 2 is 2.24 bits per heavy atom. The molecule has 0 N–H and O–H groups in total. The third-order valence-corrected chi connectivity index (χ3v) is 5.77. The van der Waals surface area contributed by atoms with Crippen LogP contribution in [0, 0.1) is 0 Å². The number of imidazole rings is 1. The molecule has 98 valence electrons. The van der Waals surface area contributed by atoms with Gasteiger partial charge in [-0.3, -0.25) is 0 Å². The van der Waals surface area contributed by atoms with Gasteiger partial charge in [0.25, 0.3) is 10.0 Å². The predicted molar refractivity (Wildman–Crippen MR) is 71.0 cm³/mol. The van der Waals surface area contributed by atoms with Gasteiger partial charge in [-0.25, -0.2) is 13.4 Å². The summed E-state index contributed by atoms with van der Waals surface area (Å²) >= 11 is 7.50. The molecule has 17 heavy (non-hydrogen) atoms. The number of nitrogens with zero attached hydrogens (tertiary/aromatic N) is 3. The number of rotatable bonds is 5. The molecule has 0 saturated carbocycles. The average molecular weight is 298 g/mol. The van der Waals surface area contributed by atoms with Crippen LogP contribution in [0.4, 0.5) is 0 Å². The van der Waals surface area contributed by atoms with Crippen molar-refractivity contribution in [3.05, 3.63) is 11.5 Å². The highest BCUT2D eigenvalue weighted by molar-refractivity contribution is 7.98. The monoisotopic (exact) mass is 297 g/mol. The van der Waals surface area contributed by atoms with Crippen molar-refractivity contribution >= 4 is 33.4 Å². The van der Waals surface area contributed by atoms with Crippen LogP contribution in [0.5, 0.6) is 0 Å². The topological polar surface area (TPSA) is 55.2 Å². The molecular weight excluding hydrogens is 282 g/mol. The Labute approximate surface area is 111 Å². The van der Waals surface area contributed by atoms with Crippen LogP contribution in [0.25, 0.3) is 0 Å². The largest absolute Gasteiger partial charge is 0.324 e. The average Bonchev–Trinajstić information content (AvgIpc) is 2.59. The van der Waals surface area contributed by atoms with E-state index in [0.717, 1.165) is 5.75 Å². The highest BCUT2D eigenvalue weighted by Gasteiger charge is 2.30. The van der Waals surface area contributed by atoms with Crippen LogP contribution in [0.3, 0.4) is 0 Å². The Hall–Kier alpha value is -0.240. The minimum absolute atomic E-state index is 0.0860. The molecule has 0 aromatic carbocycles. The Balaban J connectivity index is 3.07. The van der Waals surface area contributed by atoms with Crippen molar-refractivity contribution in [1.29, 1.82) is 0 Å². The molecule has 0 aliphatic rings. The molecule has 0 aliphatic heterocycles. The first-order chi connectivity index (χ1) is 7.82. The number of aryl methyl sites for hydroxylation is 1. The second kappa shape index (κ2) is 5.60. The molecule has 0 spiro atoms. The molecule has 0 aliphatic carbocycles. The first kappa shape index (κ1) is 14.8. The molecule has 1 aromatic rings. The van der Waals surface area contributed by atoms with Crippen molar-refractivity contribution in [2.24, 2.45) is 7.05 Å². The highest BCUT2D eigenvalue weighted by Crippen LogP contribution is 2.23. The molecule has 0 amide bonds. The van der Waals surface area contributed by atoms with Gasteiger partial charge in [0, 0.05) is 25.9 Å². The molecular formula is C9H16ClN3O2S2. The lowest BCUT2D eigenvalue weighted by Gasteiger charge is -2.22. The zero-order valence-electron chi connectivity index (χ0n) is 10.2. The van der Waals surface area contributed by atoms with Crippen molar-refractivity contribution in [3.63, 3.8) is 0 Å². The zero-order chi connectivity index (χ0) is 13.2. The maximum absolute atomic E-state index is 12.2. The lowest BCUT2D eigenvalue weighted by Crippen LogP contribution is -2.36. The van der Waals surface area contributed by atoms with Crippen LogP contribution in [0.2, 0.25) is 5.15 Å². The molecule has 8 heteroatoms. The van der Waals surface area contributed by atoms with Gasteiger partial charge in [0.2, 0.25) is 5.03 Å². The van der Waals surface area contributed by atoms with Gasteiger partial charge < -0.3 is 4.57 Å². The van der Waals surface area contributed by atoms with E-state index < -0.39 is 10.0 Å². The molecule has 1 aromatic heterocycles. The van der Waals surface area contributed by atoms with Gasteiger partial charge in [0.05, 0.1) is 6.33 Å². The van der Waals surface area contributed by atoms with Crippen molar-refractivity contribution in [1.82, 2.24) is 13.9 Å². The maximum atomic E-state index is 12.2. The highest BCUT2D eigenvalue weighted by atomic mass is 35.5. The summed E-state index contributed by atoms with van der Waals surface area (Å²) in [5.41, 5.74) is 0. The molecule has 5 nitrogen and oxygen atoms in total. The summed E-state index contributed by atoms with van der Waals surface area (Å²) in [7, 11) is -0.419. The second-order valence-corrected chi connectivity index (χ2v) is 6.96. The lowest BCUT2D eigenvalue weighted by atomic mass is 10.4. The van der Waals surface area contributed by atoms with Gasteiger partial charge in [0.15, 0.2) is 0 Å². The Kier molecular flexibility index (Phi) is 4.88. The van der Waals surface area contributed by atoms with E-state index in [-0.39, 0.29) is 16.2 Å². The fourth-order valence-corrected chi connectivity index (χ4v) is 3.83. The van der Waals surface area contributed by atoms with E-state index in [1.165, 1.54) is 15.2 Å². The van der Waals surface area contributed by atoms with Crippen molar-refractivity contribution in [2.45, 2.75) is 18.0 Å². The number of halogens is 1. The van der Waals surface area contributed by atoms with Crippen LogP contribution in [-0.4, -0.2) is 47.4 Å². The third-order valence-electron chi connectivity index (χ3n) is 2.49. The minimum Gasteiger partial charge on any atom is -0.324 e. The van der Waals surface area contributed by atoms with Gasteiger partial charge in [-0.05, 0) is 13.2 Å². The normalized spacial score (nSPS) is 14.2. The van der Waals surface area contributed by atoms with E-state index in [1.807, 2.05) is 13.2 Å². The van der Waals surface area contributed by atoms with Crippen LogP contribution in [-0.2, 0) is 17.1 Å². The van der Waals surface area contributed by atoms with E-state index in [4.69, 9.17) is 11.6 Å². The summed E-state index contributed by atoms with van der Waals surface area (Å²) in [6, 6.07) is -0.104. The summed E-state index contributed by atoms with van der Waals surface area (Å²) in [6.45, 7) is 1.85. The lowest BCUT2D eigenvalue weighted by molar-refractivity contribution is 0.413. The van der Waals surface area contributed by atoms with Gasteiger partial charge >= 0.3 is 0 Å². The molecule has 1 unspecified atom stereocenters.